The molecule has 5 heteroatoms. The molecule has 1 amide bonds. The highest BCUT2D eigenvalue weighted by Crippen LogP contribution is 2.42. The fourth-order valence-electron chi connectivity index (χ4n) is 2.74. The zero-order valence-corrected chi connectivity index (χ0v) is 12.1. The largest absolute Gasteiger partial charge is 0.478 e. The van der Waals surface area contributed by atoms with Gasteiger partial charge in [0, 0.05) is 13.0 Å². The summed E-state index contributed by atoms with van der Waals surface area (Å²) in [5, 5.41) is 11.8. The maximum absolute atomic E-state index is 11.9. The Hall–Kier alpha value is -1.88. The lowest BCUT2D eigenvalue weighted by Crippen LogP contribution is -2.42. The molecular weight excluding hydrogens is 268 g/mol. The number of benzene rings is 1. The normalized spacial score (nSPS) is 16.0. The van der Waals surface area contributed by atoms with Gasteiger partial charge in [-0.2, -0.15) is 0 Å². The summed E-state index contributed by atoms with van der Waals surface area (Å²) < 4.78 is 0. The Morgan fingerprint density at radius 1 is 1.33 bits per heavy atom. The number of carboxylic acid groups (broad SMARTS) is 1. The van der Waals surface area contributed by atoms with Gasteiger partial charge in [-0.05, 0) is 48.9 Å². The first-order chi connectivity index (χ1) is 10.0. The minimum Gasteiger partial charge on any atom is -0.478 e. The zero-order chi connectivity index (χ0) is 15.3. The second-order valence-electron chi connectivity index (χ2n) is 5.84. The second-order valence-corrected chi connectivity index (χ2v) is 5.84. The number of nitrogens with two attached hydrogens (primary N) is 1. The number of carbonyl (C=O) groups excluding carboxylic acids is 1. The minimum absolute atomic E-state index is 0.0211. The zero-order valence-electron chi connectivity index (χ0n) is 12.1. The first-order valence-corrected chi connectivity index (χ1v) is 7.34. The van der Waals surface area contributed by atoms with Crippen molar-refractivity contribution < 1.29 is 14.7 Å². The maximum atomic E-state index is 11.9. The van der Waals surface area contributed by atoms with Crippen LogP contribution in [0.3, 0.4) is 0 Å². The fourth-order valence-corrected chi connectivity index (χ4v) is 2.74. The summed E-state index contributed by atoms with van der Waals surface area (Å²) in [6.45, 7) is 1.09. The number of hydrogen-bond acceptors (Lipinski definition) is 3. The average Bonchev–Trinajstić information content (AvgIpc) is 2.43. The van der Waals surface area contributed by atoms with Crippen LogP contribution in [-0.2, 0) is 11.2 Å². The molecule has 2 rings (SSSR count). The number of carbonyl (C=O) groups is 2. The van der Waals surface area contributed by atoms with E-state index in [9.17, 15) is 9.59 Å². The molecule has 1 aromatic carbocycles. The predicted molar refractivity (Wildman–Crippen MR) is 80.1 cm³/mol. The summed E-state index contributed by atoms with van der Waals surface area (Å²) in [7, 11) is 0. The molecule has 0 radical (unpaired) electrons. The van der Waals surface area contributed by atoms with Gasteiger partial charge in [0.25, 0.3) is 0 Å². The number of nitrogens with one attached hydrogen (secondary N) is 1. The van der Waals surface area contributed by atoms with E-state index in [2.05, 4.69) is 5.32 Å². The van der Waals surface area contributed by atoms with Crippen LogP contribution in [-0.4, -0.2) is 30.1 Å². The monoisotopic (exact) mass is 290 g/mol. The van der Waals surface area contributed by atoms with Gasteiger partial charge in [0.15, 0.2) is 0 Å². The molecule has 114 valence electrons. The van der Waals surface area contributed by atoms with Crippen molar-refractivity contribution in [3.63, 3.8) is 0 Å². The predicted octanol–water partition coefficient (Wildman–Crippen LogP) is 1.56. The van der Waals surface area contributed by atoms with E-state index in [1.54, 1.807) is 18.2 Å². The van der Waals surface area contributed by atoms with Gasteiger partial charge in [-0.1, -0.05) is 18.6 Å². The first-order valence-electron chi connectivity index (χ1n) is 7.34. The number of hydrogen-bond donors (Lipinski definition) is 3. The van der Waals surface area contributed by atoms with Crippen molar-refractivity contribution in [2.75, 3.05) is 13.1 Å². The quantitative estimate of drug-likeness (QED) is 0.710. The van der Waals surface area contributed by atoms with Crippen LogP contribution in [0.4, 0.5) is 0 Å². The van der Waals surface area contributed by atoms with Crippen LogP contribution >= 0.6 is 0 Å². The van der Waals surface area contributed by atoms with Gasteiger partial charge in [0.2, 0.25) is 5.91 Å². The SMILES string of the molecule is NCC1(CC(=O)NCCc2cccc(C(=O)O)c2)CCC1. The van der Waals surface area contributed by atoms with E-state index in [1.807, 2.05) is 6.07 Å². The van der Waals surface area contributed by atoms with Gasteiger partial charge in [0.05, 0.1) is 5.56 Å². The summed E-state index contributed by atoms with van der Waals surface area (Å²) in [5.41, 5.74) is 6.95. The van der Waals surface area contributed by atoms with Crippen molar-refractivity contribution in [1.82, 2.24) is 5.32 Å². The molecule has 0 atom stereocenters. The molecule has 0 heterocycles. The highest BCUT2D eigenvalue weighted by Gasteiger charge is 2.37. The molecule has 1 fully saturated rings. The van der Waals surface area contributed by atoms with Gasteiger partial charge < -0.3 is 16.2 Å². The third-order valence-electron chi connectivity index (χ3n) is 4.29. The Morgan fingerprint density at radius 2 is 2.10 bits per heavy atom. The molecule has 5 nitrogen and oxygen atoms in total. The van der Waals surface area contributed by atoms with E-state index in [-0.39, 0.29) is 16.9 Å². The highest BCUT2D eigenvalue weighted by molar-refractivity contribution is 5.87. The van der Waals surface area contributed by atoms with Crippen molar-refractivity contribution >= 4 is 11.9 Å². The average molecular weight is 290 g/mol. The van der Waals surface area contributed by atoms with Gasteiger partial charge in [-0.3, -0.25) is 4.79 Å². The number of rotatable bonds is 7. The lowest BCUT2D eigenvalue weighted by atomic mass is 9.66. The molecule has 1 aromatic rings. The van der Waals surface area contributed by atoms with Crippen LogP contribution in [0, 0.1) is 5.41 Å². The third-order valence-corrected chi connectivity index (χ3v) is 4.29. The van der Waals surface area contributed by atoms with Crippen LogP contribution < -0.4 is 11.1 Å². The molecule has 0 bridgehead atoms. The Labute approximate surface area is 124 Å². The van der Waals surface area contributed by atoms with Crippen molar-refractivity contribution in [2.45, 2.75) is 32.1 Å². The van der Waals surface area contributed by atoms with E-state index in [0.29, 0.717) is 25.9 Å². The van der Waals surface area contributed by atoms with Gasteiger partial charge in [-0.15, -0.1) is 0 Å². The molecular formula is C16H22N2O3. The number of amides is 1. The Bertz CT molecular complexity index is 518. The lowest BCUT2D eigenvalue weighted by molar-refractivity contribution is -0.124. The number of aromatic carboxylic acids is 1. The molecule has 1 aliphatic rings. The minimum atomic E-state index is -0.934. The molecule has 1 aliphatic carbocycles. The van der Waals surface area contributed by atoms with E-state index >= 15 is 0 Å². The summed E-state index contributed by atoms with van der Waals surface area (Å²) in [5.74, 6) is -0.898. The Morgan fingerprint density at radius 3 is 2.67 bits per heavy atom. The van der Waals surface area contributed by atoms with E-state index in [0.717, 1.165) is 24.8 Å². The third kappa shape index (κ3) is 4.04. The first kappa shape index (κ1) is 15.5. The Kier molecular flexibility index (Phi) is 4.96. The lowest BCUT2D eigenvalue weighted by Gasteiger charge is -2.40. The molecule has 0 unspecified atom stereocenters. The van der Waals surface area contributed by atoms with Crippen LogP contribution in [0.1, 0.15) is 41.6 Å². The molecule has 4 N–H and O–H groups in total. The summed E-state index contributed by atoms with van der Waals surface area (Å²) >= 11 is 0. The fraction of sp³-hybridized carbons (Fsp3) is 0.500. The van der Waals surface area contributed by atoms with Crippen LogP contribution in [0.15, 0.2) is 24.3 Å². The Balaban J connectivity index is 1.77. The summed E-state index contributed by atoms with van der Waals surface area (Å²) in [4.78, 5) is 22.8. The molecule has 1 saturated carbocycles. The molecule has 0 spiro atoms. The smallest absolute Gasteiger partial charge is 0.335 e. The van der Waals surface area contributed by atoms with Crippen molar-refractivity contribution in [3.8, 4) is 0 Å². The summed E-state index contributed by atoms with van der Waals surface area (Å²) in [6, 6.07) is 6.79. The van der Waals surface area contributed by atoms with Gasteiger partial charge >= 0.3 is 5.97 Å². The summed E-state index contributed by atoms with van der Waals surface area (Å²) in [6.07, 6.45) is 4.36. The van der Waals surface area contributed by atoms with Crippen molar-refractivity contribution in [3.05, 3.63) is 35.4 Å². The van der Waals surface area contributed by atoms with E-state index in [1.165, 1.54) is 0 Å². The van der Waals surface area contributed by atoms with E-state index in [4.69, 9.17) is 10.8 Å². The van der Waals surface area contributed by atoms with Crippen LogP contribution in [0.5, 0.6) is 0 Å². The van der Waals surface area contributed by atoms with Crippen LogP contribution in [0.2, 0.25) is 0 Å². The molecule has 0 aliphatic heterocycles. The number of carboxylic acids is 1. The topological polar surface area (TPSA) is 92.4 Å². The molecule has 0 aromatic heterocycles. The standard InChI is InChI=1S/C16H22N2O3/c17-11-16(6-2-7-16)10-14(19)18-8-5-12-3-1-4-13(9-12)15(20)21/h1,3-4,9H,2,5-8,10-11,17H2,(H,18,19)(H,20,21). The van der Waals surface area contributed by atoms with E-state index < -0.39 is 5.97 Å². The van der Waals surface area contributed by atoms with Gasteiger partial charge in [-0.25, -0.2) is 4.79 Å². The molecule has 0 saturated heterocycles. The second kappa shape index (κ2) is 6.72. The van der Waals surface area contributed by atoms with Crippen LogP contribution in [0.25, 0.3) is 0 Å². The maximum Gasteiger partial charge on any atom is 0.335 e. The van der Waals surface area contributed by atoms with Crippen molar-refractivity contribution in [2.24, 2.45) is 11.1 Å². The van der Waals surface area contributed by atoms with Gasteiger partial charge in [0.1, 0.15) is 0 Å². The van der Waals surface area contributed by atoms with Crippen molar-refractivity contribution in [1.29, 1.82) is 0 Å². The highest BCUT2D eigenvalue weighted by atomic mass is 16.4. The molecule has 21 heavy (non-hydrogen) atoms.